The summed E-state index contributed by atoms with van der Waals surface area (Å²) >= 11 is 0. The number of carbonyl (C=O) groups excluding carboxylic acids is 4. The lowest BCUT2D eigenvalue weighted by Gasteiger charge is -2.33. The normalized spacial score (nSPS) is 27.2. The predicted molar refractivity (Wildman–Crippen MR) is 242 cm³/mol. The highest BCUT2D eigenvalue weighted by molar-refractivity contribution is 7.91. The molecule has 0 radical (unpaired) electrons. The van der Waals surface area contributed by atoms with E-state index in [0.29, 0.717) is 66.4 Å². The second-order valence-corrected chi connectivity index (χ2v) is 22.1. The average molecular weight is 952 g/mol. The second-order valence-electron chi connectivity index (χ2n) is 19.9. The fourth-order valence-corrected chi connectivity index (χ4v) is 10.4. The van der Waals surface area contributed by atoms with Gasteiger partial charge in [0.15, 0.2) is 11.6 Å². The molecule has 2 saturated carbocycles. The minimum Gasteiger partial charge on any atom is -0.491 e. The minimum atomic E-state index is -4.89. The van der Waals surface area contributed by atoms with E-state index in [4.69, 9.17) is 19.2 Å². The van der Waals surface area contributed by atoms with Crippen LogP contribution in [0.2, 0.25) is 0 Å². The van der Waals surface area contributed by atoms with E-state index in [9.17, 15) is 36.0 Å². The van der Waals surface area contributed by atoms with Gasteiger partial charge in [-0.05, 0) is 121 Å². The first-order valence-electron chi connectivity index (χ1n) is 23.0. The summed E-state index contributed by atoms with van der Waals surface area (Å²) in [5.41, 5.74) is -2.67. The van der Waals surface area contributed by atoms with Crippen molar-refractivity contribution in [1.29, 1.82) is 0 Å². The molecule has 1 aromatic carbocycles. The highest BCUT2D eigenvalue weighted by Crippen LogP contribution is 2.58. The number of Topliss-reactive ketones (excluding diaryl/α,β-unsaturated/α-hetero) is 1. The van der Waals surface area contributed by atoms with Crippen molar-refractivity contribution in [3.05, 3.63) is 67.0 Å². The predicted octanol–water partition coefficient (Wildman–Crippen LogP) is 8.21. The maximum absolute atomic E-state index is 15.1. The zero-order chi connectivity index (χ0) is 48.7. The van der Waals surface area contributed by atoms with Crippen LogP contribution in [-0.4, -0.2) is 93.2 Å². The Hall–Kier alpha value is -5.39. The van der Waals surface area contributed by atoms with Gasteiger partial charge in [0.25, 0.3) is 0 Å². The third-order valence-electron chi connectivity index (χ3n) is 13.7. The number of rotatable bonds is 12. The summed E-state index contributed by atoms with van der Waals surface area (Å²) in [6, 6.07) is 11.1. The van der Waals surface area contributed by atoms with E-state index in [0.717, 1.165) is 13.8 Å². The molecule has 4 aliphatic rings. The SMILES string of the molecule is CC(C)Oc1ccc(-c2cc(O[C@@H]3C[C@H]4C(=O)C[C@]5(C(=O)NS(=O)(=O)C6(C)CC6)C[C@H]5/C=C\CC[C@H](C)C[C@@H](C)[C@H](CC(=O)OC(C)(C)C(F)(F)F)C(=O)N4C3)cc(-c3ncccn3)n2)cc1. The number of amides is 2. The molecule has 14 nitrogen and oxygen atoms in total. The number of sulfonamides is 1. The molecular weight excluding hydrogens is 892 g/mol. The van der Waals surface area contributed by atoms with Crippen LogP contribution in [0.25, 0.3) is 22.8 Å². The smallest absolute Gasteiger partial charge is 0.427 e. The molecule has 18 heteroatoms. The van der Waals surface area contributed by atoms with Gasteiger partial charge in [0.05, 0.1) is 46.9 Å². The van der Waals surface area contributed by atoms with Crippen molar-refractivity contribution >= 4 is 33.6 Å². The standard InChI is InChI=1S/C49H60F3N5O9S/c1-29(2)64-34-15-13-32(14-16-34)38-22-35(23-39(55-38)43-53-19-10-20-54-43)65-36-24-40-41(58)27-48(45(61)56-67(62,63)47(7)17-18-47)26-33(48)12-9-8-11-30(3)21-31(4)37(44(60)57(40)28-36)25-42(59)66-46(5,6)49(50,51)52/h9-10,12-16,19-20,22-23,29-31,33,36-37,40H,8,11,17-18,21,24-28H2,1-7H3,(H,56,61)/b12-9-/t30-,31+,33+,36+,37-,40-,48+/m0/s1. The van der Waals surface area contributed by atoms with Crippen molar-refractivity contribution in [2.75, 3.05) is 6.54 Å². The van der Waals surface area contributed by atoms with Gasteiger partial charge < -0.3 is 19.1 Å². The number of ketones is 1. The van der Waals surface area contributed by atoms with Gasteiger partial charge in [-0.25, -0.2) is 23.4 Å². The van der Waals surface area contributed by atoms with Gasteiger partial charge in [-0.15, -0.1) is 0 Å². The van der Waals surface area contributed by atoms with E-state index in [1.54, 1.807) is 44.4 Å². The molecule has 362 valence electrons. The molecule has 7 atom stereocenters. The van der Waals surface area contributed by atoms with Gasteiger partial charge in [0, 0.05) is 42.9 Å². The number of alkyl halides is 3. The van der Waals surface area contributed by atoms with Crippen molar-refractivity contribution in [1.82, 2.24) is 24.6 Å². The Morgan fingerprint density at radius 1 is 0.985 bits per heavy atom. The zero-order valence-electron chi connectivity index (χ0n) is 39.0. The first-order chi connectivity index (χ1) is 31.4. The van der Waals surface area contributed by atoms with Crippen LogP contribution in [0.15, 0.2) is 67.0 Å². The molecule has 7 rings (SSSR count). The number of nitrogens with zero attached hydrogens (tertiary/aromatic N) is 4. The fraction of sp³-hybridized carbons (Fsp3) is 0.571. The third kappa shape index (κ3) is 11.2. The molecule has 2 aliphatic heterocycles. The number of allylic oxidation sites excluding steroid dienone is 2. The van der Waals surface area contributed by atoms with Gasteiger partial charge in [-0.2, -0.15) is 13.2 Å². The lowest BCUT2D eigenvalue weighted by molar-refractivity contribution is -0.257. The monoisotopic (exact) mass is 951 g/mol. The number of nitrogens with one attached hydrogen (secondary N) is 1. The zero-order valence-corrected chi connectivity index (χ0v) is 39.8. The highest BCUT2D eigenvalue weighted by atomic mass is 32.2. The van der Waals surface area contributed by atoms with E-state index < -0.39 is 98.3 Å². The molecule has 67 heavy (non-hydrogen) atoms. The van der Waals surface area contributed by atoms with Gasteiger partial charge in [0.2, 0.25) is 27.4 Å². The Morgan fingerprint density at radius 2 is 1.66 bits per heavy atom. The molecule has 4 heterocycles. The Bertz CT molecular complexity index is 2480. The molecule has 2 aliphatic carbocycles. The van der Waals surface area contributed by atoms with Crippen molar-refractivity contribution in [3.63, 3.8) is 0 Å². The van der Waals surface area contributed by atoms with Crippen LogP contribution in [0.3, 0.4) is 0 Å². The molecule has 0 unspecified atom stereocenters. The molecule has 3 aromatic rings. The summed E-state index contributed by atoms with van der Waals surface area (Å²) in [6.45, 7) is 10.5. The Labute approximate surface area is 389 Å². The Balaban J connectivity index is 1.25. The van der Waals surface area contributed by atoms with Crippen molar-refractivity contribution < 1.29 is 55.0 Å². The number of hydrogen-bond acceptors (Lipinski definition) is 12. The average Bonchev–Trinajstić information content (AvgIpc) is 4.14. The number of hydrogen-bond donors (Lipinski definition) is 1. The first kappa shape index (κ1) is 49.5. The number of benzene rings is 1. The minimum absolute atomic E-state index is 0.00546. The molecule has 0 spiro atoms. The molecule has 2 amide bonds. The van der Waals surface area contributed by atoms with E-state index in [1.807, 2.05) is 57.2 Å². The number of pyridine rings is 1. The lowest BCUT2D eigenvalue weighted by Crippen LogP contribution is -2.48. The second kappa shape index (κ2) is 18.9. The first-order valence-corrected chi connectivity index (χ1v) is 24.5. The van der Waals surface area contributed by atoms with Crippen LogP contribution < -0.4 is 14.2 Å². The summed E-state index contributed by atoms with van der Waals surface area (Å²) in [5.74, 6) is -4.09. The Morgan fingerprint density at radius 3 is 2.30 bits per heavy atom. The molecule has 0 bridgehead atoms. The van der Waals surface area contributed by atoms with Gasteiger partial charge >= 0.3 is 12.1 Å². The summed E-state index contributed by atoms with van der Waals surface area (Å²) in [5, 5.41) is 0. The van der Waals surface area contributed by atoms with Gasteiger partial charge in [-0.3, -0.25) is 23.9 Å². The number of halogens is 3. The van der Waals surface area contributed by atoms with Crippen LogP contribution in [-0.2, 0) is 33.9 Å². The van der Waals surface area contributed by atoms with Crippen molar-refractivity contribution in [3.8, 4) is 34.3 Å². The third-order valence-corrected chi connectivity index (χ3v) is 15.8. The van der Waals surface area contributed by atoms with Crippen LogP contribution in [0, 0.1) is 29.1 Å². The maximum atomic E-state index is 15.1. The number of esters is 1. The van der Waals surface area contributed by atoms with E-state index in [2.05, 4.69) is 14.7 Å². The fourth-order valence-electron chi connectivity index (χ4n) is 9.09. The van der Waals surface area contributed by atoms with E-state index in [1.165, 1.54) is 4.90 Å². The van der Waals surface area contributed by atoms with E-state index >= 15 is 4.79 Å². The molecule has 3 fully saturated rings. The molecule has 2 aromatic heterocycles. The summed E-state index contributed by atoms with van der Waals surface area (Å²) in [4.78, 5) is 72.4. The van der Waals surface area contributed by atoms with Crippen molar-refractivity contribution in [2.24, 2.45) is 29.1 Å². The van der Waals surface area contributed by atoms with Gasteiger partial charge in [0.1, 0.15) is 23.3 Å². The van der Waals surface area contributed by atoms with Gasteiger partial charge in [-0.1, -0.05) is 26.0 Å². The van der Waals surface area contributed by atoms with Crippen LogP contribution in [0.4, 0.5) is 13.2 Å². The quantitative estimate of drug-likeness (QED) is 0.136. The topological polar surface area (TPSA) is 184 Å². The Kier molecular flexibility index (Phi) is 14.0. The number of aromatic nitrogens is 3. The highest BCUT2D eigenvalue weighted by Gasteiger charge is 2.63. The van der Waals surface area contributed by atoms with Crippen LogP contribution in [0.1, 0.15) is 106 Å². The van der Waals surface area contributed by atoms with Crippen molar-refractivity contribution in [2.45, 2.75) is 141 Å². The lowest BCUT2D eigenvalue weighted by atomic mass is 9.82. The molecule has 1 N–H and O–H groups in total. The van der Waals surface area contributed by atoms with Crippen LogP contribution in [0.5, 0.6) is 11.5 Å². The molecule has 1 saturated heterocycles. The maximum Gasteiger partial charge on any atom is 0.427 e. The number of ether oxygens (including phenoxy) is 3. The summed E-state index contributed by atoms with van der Waals surface area (Å²) < 4.78 is 87.1. The molecular formula is C49H60F3N5O9S. The summed E-state index contributed by atoms with van der Waals surface area (Å²) in [6.07, 6.45) is 2.63. The largest absolute Gasteiger partial charge is 0.491 e. The summed E-state index contributed by atoms with van der Waals surface area (Å²) in [7, 11) is -4.06. The number of carbonyl (C=O) groups is 4. The van der Waals surface area contributed by atoms with E-state index in [-0.39, 0.29) is 31.4 Å². The van der Waals surface area contributed by atoms with Crippen LogP contribution >= 0.6 is 0 Å². The number of fused-ring (bicyclic) bond motifs is 2.